The fourth-order valence-corrected chi connectivity index (χ4v) is 3.03. The van der Waals surface area contributed by atoms with Gasteiger partial charge in [-0.3, -0.25) is 9.67 Å². The minimum atomic E-state index is -0.0303. The highest BCUT2D eigenvalue weighted by molar-refractivity contribution is 6.30. The van der Waals surface area contributed by atoms with Gasteiger partial charge in [0.25, 0.3) is 0 Å². The van der Waals surface area contributed by atoms with Crippen LogP contribution in [0.3, 0.4) is 0 Å². The molecule has 0 saturated carbocycles. The van der Waals surface area contributed by atoms with Gasteiger partial charge >= 0.3 is 0 Å². The van der Waals surface area contributed by atoms with Crippen molar-refractivity contribution < 1.29 is 4.52 Å². The molecule has 2 aromatic heterocycles. The molecule has 2 N–H and O–H groups in total. The van der Waals surface area contributed by atoms with Crippen molar-refractivity contribution in [1.29, 1.82) is 0 Å². The molecule has 0 aliphatic heterocycles. The Labute approximate surface area is 181 Å². The van der Waals surface area contributed by atoms with E-state index in [0.29, 0.717) is 30.4 Å². The number of halogens is 1. The summed E-state index contributed by atoms with van der Waals surface area (Å²) in [6.45, 7) is 8.04. The summed E-state index contributed by atoms with van der Waals surface area (Å²) in [7, 11) is 0. The van der Waals surface area contributed by atoms with Crippen molar-refractivity contribution >= 4 is 17.6 Å². The number of nitrogens with one attached hydrogen (secondary N) is 2. The van der Waals surface area contributed by atoms with Crippen molar-refractivity contribution in [3.8, 4) is 0 Å². The first kappa shape index (κ1) is 21.8. The van der Waals surface area contributed by atoms with Gasteiger partial charge in [0, 0.05) is 42.8 Å². The van der Waals surface area contributed by atoms with Gasteiger partial charge in [0.15, 0.2) is 11.8 Å². The minimum absolute atomic E-state index is 0.0303. The number of hydrogen-bond donors (Lipinski definition) is 2. The Morgan fingerprint density at radius 2 is 2.03 bits per heavy atom. The maximum atomic E-state index is 6.05. The monoisotopic (exact) mass is 429 g/mol. The highest BCUT2D eigenvalue weighted by Gasteiger charge is 2.14. The molecule has 160 valence electrons. The topological polar surface area (TPSA) is 93.2 Å². The van der Waals surface area contributed by atoms with Crippen LogP contribution in [0.2, 0.25) is 5.02 Å². The van der Waals surface area contributed by atoms with Gasteiger partial charge in [-0.15, -0.1) is 0 Å². The quantitative estimate of drug-likeness (QED) is 0.400. The van der Waals surface area contributed by atoms with Gasteiger partial charge in [0.05, 0.1) is 12.6 Å². The maximum absolute atomic E-state index is 6.05. The molecule has 0 saturated heterocycles. The number of nitrogens with zero attached hydrogens (tertiary/aromatic N) is 5. The standard InChI is InChI=1S/C21H28ClN7O/c1-4-23-21(24-12-10-19-27-20(15(2)3)28-30-19)25-14-18(29-13-5-11-26-29)16-6-8-17(22)9-7-16/h5-9,11,13,15,18H,4,10,12,14H2,1-3H3,(H2,23,24,25). The number of benzene rings is 1. The molecule has 9 heteroatoms. The van der Waals surface area contributed by atoms with Gasteiger partial charge in [-0.05, 0) is 30.7 Å². The third-order valence-electron chi connectivity index (χ3n) is 4.50. The first-order valence-electron chi connectivity index (χ1n) is 10.2. The van der Waals surface area contributed by atoms with Crippen molar-refractivity contribution in [1.82, 2.24) is 30.6 Å². The average molecular weight is 430 g/mol. The highest BCUT2D eigenvalue weighted by Crippen LogP contribution is 2.20. The van der Waals surface area contributed by atoms with E-state index in [0.717, 1.165) is 23.9 Å². The largest absolute Gasteiger partial charge is 0.357 e. The number of aliphatic imine (C=N–C) groups is 1. The molecule has 3 aromatic rings. The van der Waals surface area contributed by atoms with E-state index in [2.05, 4.69) is 25.9 Å². The first-order chi connectivity index (χ1) is 14.6. The molecular formula is C21H28ClN7O. The SMILES string of the molecule is CCNC(=NCC(c1ccc(Cl)cc1)n1cccn1)NCCc1nc(C(C)C)no1. The predicted octanol–water partition coefficient (Wildman–Crippen LogP) is 3.43. The highest BCUT2D eigenvalue weighted by atomic mass is 35.5. The van der Waals surface area contributed by atoms with Crippen LogP contribution in [0.1, 0.15) is 50.0 Å². The second-order valence-corrected chi connectivity index (χ2v) is 7.59. The van der Waals surface area contributed by atoms with E-state index in [1.807, 2.05) is 62.0 Å². The van der Waals surface area contributed by atoms with Gasteiger partial charge in [-0.2, -0.15) is 10.1 Å². The molecule has 0 amide bonds. The molecule has 3 rings (SSSR count). The third-order valence-corrected chi connectivity index (χ3v) is 4.75. The van der Waals surface area contributed by atoms with Crippen molar-refractivity contribution in [3.63, 3.8) is 0 Å². The van der Waals surface area contributed by atoms with Crippen LogP contribution in [0.25, 0.3) is 0 Å². The van der Waals surface area contributed by atoms with E-state index in [1.54, 1.807) is 6.20 Å². The van der Waals surface area contributed by atoms with Crippen LogP contribution in [-0.4, -0.2) is 45.5 Å². The number of rotatable bonds is 9. The first-order valence-corrected chi connectivity index (χ1v) is 10.5. The summed E-state index contributed by atoms with van der Waals surface area (Å²) in [6, 6.07) is 9.66. The van der Waals surface area contributed by atoms with Gasteiger partial charge in [-0.25, -0.2) is 0 Å². The summed E-state index contributed by atoms with van der Waals surface area (Å²) in [5, 5.41) is 15.7. The van der Waals surface area contributed by atoms with Crippen molar-refractivity contribution in [3.05, 3.63) is 65.0 Å². The lowest BCUT2D eigenvalue weighted by Crippen LogP contribution is -2.38. The molecule has 8 nitrogen and oxygen atoms in total. The second-order valence-electron chi connectivity index (χ2n) is 7.15. The van der Waals surface area contributed by atoms with Crippen LogP contribution in [0.4, 0.5) is 0 Å². The van der Waals surface area contributed by atoms with E-state index in [1.165, 1.54) is 0 Å². The summed E-state index contributed by atoms with van der Waals surface area (Å²) in [5.74, 6) is 2.34. The zero-order valence-electron chi connectivity index (χ0n) is 17.5. The van der Waals surface area contributed by atoms with Gasteiger partial charge < -0.3 is 15.2 Å². The molecule has 0 bridgehead atoms. The molecule has 1 unspecified atom stereocenters. The zero-order chi connectivity index (χ0) is 21.3. The Hall–Kier alpha value is -2.87. The summed E-state index contributed by atoms with van der Waals surface area (Å²) in [6.07, 6.45) is 4.34. The van der Waals surface area contributed by atoms with E-state index >= 15 is 0 Å². The molecule has 30 heavy (non-hydrogen) atoms. The van der Waals surface area contributed by atoms with Crippen LogP contribution in [-0.2, 0) is 6.42 Å². The van der Waals surface area contributed by atoms with Crippen LogP contribution in [0.15, 0.2) is 52.2 Å². The van der Waals surface area contributed by atoms with Crippen LogP contribution in [0.5, 0.6) is 0 Å². The lowest BCUT2D eigenvalue weighted by Gasteiger charge is -2.18. The van der Waals surface area contributed by atoms with E-state index < -0.39 is 0 Å². The lowest BCUT2D eigenvalue weighted by atomic mass is 10.1. The molecule has 0 radical (unpaired) electrons. The number of hydrogen-bond acceptors (Lipinski definition) is 5. The zero-order valence-corrected chi connectivity index (χ0v) is 18.3. The average Bonchev–Trinajstić information content (AvgIpc) is 3.42. The molecule has 0 aliphatic rings. The Balaban J connectivity index is 1.65. The van der Waals surface area contributed by atoms with E-state index in [9.17, 15) is 0 Å². The molecule has 0 aliphatic carbocycles. The van der Waals surface area contributed by atoms with Crippen LogP contribution >= 0.6 is 11.6 Å². The normalized spacial score (nSPS) is 12.9. The number of aromatic nitrogens is 4. The third kappa shape index (κ3) is 6.06. The van der Waals surface area contributed by atoms with Crippen LogP contribution < -0.4 is 10.6 Å². The van der Waals surface area contributed by atoms with Crippen LogP contribution in [0, 0.1) is 0 Å². The predicted molar refractivity (Wildman–Crippen MR) is 118 cm³/mol. The molecule has 2 heterocycles. The summed E-state index contributed by atoms with van der Waals surface area (Å²) < 4.78 is 7.20. The Morgan fingerprint density at radius 3 is 2.67 bits per heavy atom. The molecule has 0 fully saturated rings. The Bertz CT molecular complexity index is 919. The Kier molecular flexibility index (Phi) is 7.84. The van der Waals surface area contributed by atoms with Crippen molar-refractivity contribution in [2.45, 2.75) is 39.2 Å². The summed E-state index contributed by atoms with van der Waals surface area (Å²) in [4.78, 5) is 9.17. The summed E-state index contributed by atoms with van der Waals surface area (Å²) in [5.41, 5.74) is 1.09. The molecular weight excluding hydrogens is 402 g/mol. The van der Waals surface area contributed by atoms with Crippen molar-refractivity contribution in [2.24, 2.45) is 4.99 Å². The molecule has 1 atom stereocenters. The van der Waals surface area contributed by atoms with E-state index in [4.69, 9.17) is 21.1 Å². The maximum Gasteiger partial charge on any atom is 0.228 e. The van der Waals surface area contributed by atoms with Gasteiger partial charge in [0.1, 0.15) is 0 Å². The minimum Gasteiger partial charge on any atom is -0.357 e. The summed E-state index contributed by atoms with van der Waals surface area (Å²) >= 11 is 6.05. The smallest absolute Gasteiger partial charge is 0.228 e. The molecule has 0 spiro atoms. The van der Waals surface area contributed by atoms with Crippen molar-refractivity contribution in [2.75, 3.05) is 19.6 Å². The van der Waals surface area contributed by atoms with Gasteiger partial charge in [0.2, 0.25) is 5.89 Å². The number of guanidine groups is 1. The molecule has 1 aromatic carbocycles. The second kappa shape index (κ2) is 10.8. The lowest BCUT2D eigenvalue weighted by molar-refractivity contribution is 0.371. The fourth-order valence-electron chi connectivity index (χ4n) is 2.90. The van der Waals surface area contributed by atoms with Gasteiger partial charge in [-0.1, -0.05) is 42.7 Å². The van der Waals surface area contributed by atoms with E-state index in [-0.39, 0.29) is 12.0 Å². The Morgan fingerprint density at radius 1 is 1.23 bits per heavy atom. The fraction of sp³-hybridized carbons (Fsp3) is 0.429.